The van der Waals surface area contributed by atoms with Gasteiger partial charge in [0.15, 0.2) is 0 Å². The van der Waals surface area contributed by atoms with Crippen molar-refractivity contribution in [3.8, 4) is 0 Å². The molecule has 1 atom stereocenters. The van der Waals surface area contributed by atoms with Crippen molar-refractivity contribution in [1.82, 2.24) is 19.2 Å². The van der Waals surface area contributed by atoms with Crippen LogP contribution in [0.5, 0.6) is 0 Å². The van der Waals surface area contributed by atoms with Gasteiger partial charge in [0.05, 0.1) is 10.6 Å². The highest BCUT2D eigenvalue weighted by Gasteiger charge is 2.24. The average molecular weight is 557 g/mol. The van der Waals surface area contributed by atoms with E-state index in [1.807, 2.05) is 24.3 Å². The Morgan fingerprint density at radius 3 is 2.17 bits per heavy atom. The summed E-state index contributed by atoms with van der Waals surface area (Å²) in [5.41, 5.74) is 3.61. The van der Waals surface area contributed by atoms with Gasteiger partial charge in [-0.05, 0) is 55.0 Å². The molecule has 5 rings (SSSR count). The van der Waals surface area contributed by atoms with E-state index in [2.05, 4.69) is 69.8 Å². The van der Waals surface area contributed by atoms with E-state index in [9.17, 15) is 8.42 Å². The molecule has 0 radical (unpaired) electrons. The summed E-state index contributed by atoms with van der Waals surface area (Å²) in [5, 5.41) is 0. The molecule has 6 nitrogen and oxygen atoms in total. The summed E-state index contributed by atoms with van der Waals surface area (Å²) in [7, 11) is -3.54. The van der Waals surface area contributed by atoms with Gasteiger partial charge in [0.25, 0.3) is 0 Å². The van der Waals surface area contributed by atoms with Gasteiger partial charge in [-0.25, -0.2) is 18.1 Å². The molecule has 0 bridgehead atoms. The Balaban J connectivity index is 1.18. The predicted molar refractivity (Wildman–Crippen MR) is 161 cm³/mol. The molecule has 1 aliphatic rings. The Kier molecular flexibility index (Phi) is 9.47. The summed E-state index contributed by atoms with van der Waals surface area (Å²) in [6.45, 7) is 5.60. The first-order valence-electron chi connectivity index (χ1n) is 14.4. The molecule has 3 aromatic carbocycles. The van der Waals surface area contributed by atoms with Crippen LogP contribution in [0.4, 0.5) is 0 Å². The molecular formula is C33H40N4O2S. The number of rotatable bonds is 12. The second-order valence-corrected chi connectivity index (χ2v) is 12.5. The summed E-state index contributed by atoms with van der Waals surface area (Å²) in [6.07, 6.45) is 7.19. The molecule has 0 amide bonds. The SMILES string of the molecule is CCc1nc(Cc2ccccc2)cn1C1CCN(CCC(CNS(=O)(=O)c2ccccc2)c2ccccc2)CC1. The Bertz CT molecular complexity index is 1430. The Morgan fingerprint density at radius 2 is 1.52 bits per heavy atom. The molecule has 0 spiro atoms. The maximum Gasteiger partial charge on any atom is 0.240 e. The van der Waals surface area contributed by atoms with E-state index in [-0.39, 0.29) is 5.92 Å². The monoisotopic (exact) mass is 556 g/mol. The zero-order valence-corrected chi connectivity index (χ0v) is 24.1. The van der Waals surface area contributed by atoms with E-state index >= 15 is 0 Å². The van der Waals surface area contributed by atoms with E-state index in [0.717, 1.165) is 57.4 Å². The van der Waals surface area contributed by atoms with Crippen LogP contribution < -0.4 is 4.72 Å². The maximum atomic E-state index is 12.9. The van der Waals surface area contributed by atoms with E-state index in [1.54, 1.807) is 24.3 Å². The highest BCUT2D eigenvalue weighted by atomic mass is 32.2. The Hall–Kier alpha value is -3.26. The zero-order chi connectivity index (χ0) is 27.8. The number of likely N-dealkylation sites (tertiary alicyclic amines) is 1. The van der Waals surface area contributed by atoms with Crippen LogP contribution in [-0.2, 0) is 22.9 Å². The first-order valence-corrected chi connectivity index (χ1v) is 15.9. The van der Waals surface area contributed by atoms with Gasteiger partial charge in [-0.15, -0.1) is 0 Å². The molecule has 1 aromatic heterocycles. The number of imidazole rings is 1. The van der Waals surface area contributed by atoms with Gasteiger partial charge >= 0.3 is 0 Å². The van der Waals surface area contributed by atoms with Crippen molar-refractivity contribution < 1.29 is 8.42 Å². The van der Waals surface area contributed by atoms with Gasteiger partial charge in [-0.2, -0.15) is 0 Å². The number of hydrogen-bond donors (Lipinski definition) is 1. The first kappa shape index (κ1) is 28.3. The minimum Gasteiger partial charge on any atom is -0.331 e. The average Bonchev–Trinajstić information content (AvgIpc) is 3.41. The number of aryl methyl sites for hydroxylation is 1. The number of nitrogens with one attached hydrogen (secondary N) is 1. The molecule has 1 saturated heterocycles. The van der Waals surface area contributed by atoms with E-state index in [1.165, 1.54) is 17.0 Å². The second-order valence-electron chi connectivity index (χ2n) is 10.7. The molecule has 1 fully saturated rings. The molecule has 1 aliphatic heterocycles. The van der Waals surface area contributed by atoms with E-state index in [4.69, 9.17) is 4.98 Å². The highest BCUT2D eigenvalue weighted by molar-refractivity contribution is 7.89. The maximum absolute atomic E-state index is 12.9. The smallest absolute Gasteiger partial charge is 0.240 e. The lowest BCUT2D eigenvalue weighted by Gasteiger charge is -2.34. The molecule has 2 heterocycles. The number of sulfonamides is 1. The molecule has 1 N–H and O–H groups in total. The molecule has 4 aromatic rings. The van der Waals surface area contributed by atoms with Crippen LogP contribution in [0, 0.1) is 0 Å². The van der Waals surface area contributed by atoms with Gasteiger partial charge in [-0.3, -0.25) is 0 Å². The highest BCUT2D eigenvalue weighted by Crippen LogP contribution is 2.27. The van der Waals surface area contributed by atoms with E-state index in [0.29, 0.717) is 17.5 Å². The van der Waals surface area contributed by atoms with E-state index < -0.39 is 10.0 Å². The van der Waals surface area contributed by atoms with Crippen molar-refractivity contribution >= 4 is 10.0 Å². The standard InChI is InChI=1S/C33H40N4O2S/c1-2-33-35-30(24-27-12-6-3-7-13-27)26-37(33)31-19-22-36(23-20-31)21-18-29(28-14-8-4-9-15-28)25-34-40(38,39)32-16-10-5-11-17-32/h3-17,26,29,31,34H,2,18-25H2,1H3. The molecule has 7 heteroatoms. The van der Waals surface area contributed by atoms with Gasteiger partial charge in [0, 0.05) is 44.7 Å². The van der Waals surface area contributed by atoms with Gasteiger partial charge in [0.2, 0.25) is 10.0 Å². The molecular weight excluding hydrogens is 516 g/mol. The molecule has 1 unspecified atom stereocenters. The molecule has 40 heavy (non-hydrogen) atoms. The summed E-state index contributed by atoms with van der Waals surface area (Å²) >= 11 is 0. The molecule has 0 saturated carbocycles. The fourth-order valence-electron chi connectivity index (χ4n) is 5.72. The van der Waals surface area contributed by atoms with Crippen molar-refractivity contribution in [2.45, 2.75) is 55.9 Å². The van der Waals surface area contributed by atoms with Crippen molar-refractivity contribution in [3.05, 3.63) is 120 Å². The number of benzene rings is 3. The summed E-state index contributed by atoms with van der Waals surface area (Å²) < 4.78 is 31.0. The lowest BCUT2D eigenvalue weighted by atomic mass is 9.95. The van der Waals surface area contributed by atoms with Crippen molar-refractivity contribution in [1.29, 1.82) is 0 Å². The third kappa shape index (κ3) is 7.27. The van der Waals surface area contributed by atoms with Crippen LogP contribution >= 0.6 is 0 Å². The van der Waals surface area contributed by atoms with Crippen LogP contribution in [0.25, 0.3) is 0 Å². The van der Waals surface area contributed by atoms with Gasteiger partial charge in [-0.1, -0.05) is 85.8 Å². The Morgan fingerprint density at radius 1 is 0.900 bits per heavy atom. The Labute approximate surface area is 239 Å². The van der Waals surface area contributed by atoms with Crippen LogP contribution in [0.15, 0.2) is 102 Å². The third-order valence-corrected chi connectivity index (χ3v) is 9.43. The number of aromatic nitrogens is 2. The van der Waals surface area contributed by atoms with Crippen LogP contribution in [-0.4, -0.2) is 49.0 Å². The minimum atomic E-state index is -3.54. The first-order chi connectivity index (χ1) is 19.5. The number of hydrogen-bond acceptors (Lipinski definition) is 4. The lowest BCUT2D eigenvalue weighted by molar-refractivity contribution is 0.180. The molecule has 210 valence electrons. The topological polar surface area (TPSA) is 67.2 Å². The predicted octanol–water partition coefficient (Wildman–Crippen LogP) is 5.83. The van der Waals surface area contributed by atoms with Crippen LogP contribution in [0.3, 0.4) is 0 Å². The zero-order valence-electron chi connectivity index (χ0n) is 23.3. The van der Waals surface area contributed by atoms with Crippen molar-refractivity contribution in [2.75, 3.05) is 26.2 Å². The number of nitrogens with zero attached hydrogens (tertiary/aromatic N) is 3. The second kappa shape index (κ2) is 13.4. The van der Waals surface area contributed by atoms with Gasteiger partial charge in [0.1, 0.15) is 5.82 Å². The fraction of sp³-hybridized carbons (Fsp3) is 0.364. The third-order valence-electron chi connectivity index (χ3n) is 7.99. The largest absolute Gasteiger partial charge is 0.331 e. The van der Waals surface area contributed by atoms with Crippen molar-refractivity contribution in [3.63, 3.8) is 0 Å². The summed E-state index contributed by atoms with van der Waals surface area (Å²) in [5.74, 6) is 1.29. The number of piperidine rings is 1. The van der Waals surface area contributed by atoms with Crippen LogP contribution in [0.1, 0.15) is 60.8 Å². The fourth-order valence-corrected chi connectivity index (χ4v) is 6.82. The minimum absolute atomic E-state index is 0.110. The van der Waals surface area contributed by atoms with Crippen LogP contribution in [0.2, 0.25) is 0 Å². The normalized spacial score (nSPS) is 15.7. The summed E-state index contributed by atoms with van der Waals surface area (Å²) in [6, 6.07) is 29.9. The quantitative estimate of drug-likeness (QED) is 0.239. The van der Waals surface area contributed by atoms with Gasteiger partial charge < -0.3 is 9.47 Å². The summed E-state index contributed by atoms with van der Waals surface area (Å²) in [4.78, 5) is 7.81. The molecule has 0 aliphatic carbocycles. The lowest BCUT2D eigenvalue weighted by Crippen LogP contribution is -2.37. The van der Waals surface area contributed by atoms with Crippen molar-refractivity contribution in [2.24, 2.45) is 0 Å².